The van der Waals surface area contributed by atoms with Crippen molar-refractivity contribution in [2.45, 2.75) is 12.7 Å². The van der Waals surface area contributed by atoms with E-state index in [1.165, 1.54) is 5.56 Å². The largest absolute Gasteiger partial charge is 0.459 e. The maximum absolute atomic E-state index is 11.2. The summed E-state index contributed by atoms with van der Waals surface area (Å²) in [6.45, 7) is 2.35. The molecule has 4 nitrogen and oxygen atoms in total. The minimum atomic E-state index is -0.814. The van der Waals surface area contributed by atoms with Gasteiger partial charge in [-0.05, 0) is 12.5 Å². The molecule has 0 aromatic heterocycles. The molecule has 0 fully saturated rings. The summed E-state index contributed by atoms with van der Waals surface area (Å²) in [4.78, 5) is 22.2. The van der Waals surface area contributed by atoms with E-state index in [0.29, 0.717) is 6.54 Å². The number of esters is 1. The van der Waals surface area contributed by atoms with Crippen LogP contribution in [0.5, 0.6) is 0 Å². The van der Waals surface area contributed by atoms with E-state index in [2.05, 4.69) is 22.2 Å². The maximum Gasteiger partial charge on any atom is 0.396 e. The van der Waals surface area contributed by atoms with Gasteiger partial charge in [-0.3, -0.25) is 4.79 Å². The van der Waals surface area contributed by atoms with Crippen LogP contribution >= 0.6 is 11.8 Å². The number of rotatable bonds is 6. The van der Waals surface area contributed by atoms with Crippen LogP contribution in [-0.2, 0) is 20.1 Å². The molecule has 0 aliphatic rings. The molecule has 0 saturated carbocycles. The Kier molecular flexibility index (Phi) is 6.94. The van der Waals surface area contributed by atoms with E-state index < -0.39 is 11.9 Å². The number of benzene rings is 1. The van der Waals surface area contributed by atoms with Crippen LogP contribution in [0.25, 0.3) is 0 Å². The van der Waals surface area contributed by atoms with Crippen LogP contribution in [0.1, 0.15) is 12.5 Å². The molecule has 1 N–H and O–H groups in total. The van der Waals surface area contributed by atoms with E-state index in [9.17, 15) is 9.59 Å². The molecular formula is C13H17NO3S. The first kappa shape index (κ1) is 14.6. The molecule has 0 aliphatic heterocycles. The van der Waals surface area contributed by atoms with Gasteiger partial charge in [0.1, 0.15) is 0 Å². The Morgan fingerprint density at radius 1 is 1.28 bits per heavy atom. The molecule has 0 saturated heterocycles. The van der Waals surface area contributed by atoms with Gasteiger partial charge < -0.3 is 10.1 Å². The lowest BCUT2D eigenvalue weighted by molar-refractivity contribution is -0.154. The minimum Gasteiger partial charge on any atom is -0.459 e. The molecule has 1 aromatic rings. The van der Waals surface area contributed by atoms with E-state index in [1.807, 2.05) is 18.2 Å². The first-order valence-corrected chi connectivity index (χ1v) is 6.96. The van der Waals surface area contributed by atoms with Gasteiger partial charge in [-0.1, -0.05) is 30.3 Å². The highest BCUT2D eigenvalue weighted by Gasteiger charge is 2.12. The first-order valence-electron chi connectivity index (χ1n) is 5.80. The van der Waals surface area contributed by atoms with Crippen molar-refractivity contribution in [1.29, 1.82) is 0 Å². The quantitative estimate of drug-likeness (QED) is 0.483. The number of hydrogen-bond donors (Lipinski definition) is 1. The maximum atomic E-state index is 11.2. The van der Waals surface area contributed by atoms with Crippen molar-refractivity contribution in [3.63, 3.8) is 0 Å². The normalized spacial score (nSPS) is 9.83. The highest BCUT2D eigenvalue weighted by atomic mass is 32.2. The predicted octanol–water partition coefficient (Wildman–Crippen LogP) is 1.60. The fraction of sp³-hybridized carbons (Fsp3) is 0.385. The Labute approximate surface area is 111 Å². The fourth-order valence-electron chi connectivity index (χ4n) is 1.27. The summed E-state index contributed by atoms with van der Waals surface area (Å²) in [5.74, 6) is 0.179. The van der Waals surface area contributed by atoms with E-state index >= 15 is 0 Å². The number of thioether (sulfide) groups is 1. The highest BCUT2D eigenvalue weighted by molar-refractivity contribution is 7.98. The van der Waals surface area contributed by atoms with Gasteiger partial charge in [0, 0.05) is 18.1 Å². The van der Waals surface area contributed by atoms with Crippen molar-refractivity contribution in [3.8, 4) is 0 Å². The highest BCUT2D eigenvalue weighted by Crippen LogP contribution is 2.10. The Bertz CT molecular complexity index is 381. The topological polar surface area (TPSA) is 55.4 Å². The number of ether oxygens (including phenoxy) is 1. The lowest BCUT2D eigenvalue weighted by Crippen LogP contribution is -2.33. The van der Waals surface area contributed by atoms with Gasteiger partial charge in [0.05, 0.1) is 6.61 Å². The minimum absolute atomic E-state index is 0.217. The van der Waals surface area contributed by atoms with Gasteiger partial charge in [0.25, 0.3) is 0 Å². The van der Waals surface area contributed by atoms with E-state index in [1.54, 1.807) is 18.7 Å². The molecule has 0 spiro atoms. The number of carbonyl (C=O) groups is 2. The Hall–Kier alpha value is -1.49. The van der Waals surface area contributed by atoms with Crippen molar-refractivity contribution in [2.24, 2.45) is 0 Å². The molecule has 1 rings (SSSR count). The van der Waals surface area contributed by atoms with Gasteiger partial charge in [-0.25, -0.2) is 4.79 Å². The molecule has 0 atom stereocenters. The zero-order valence-electron chi connectivity index (χ0n) is 10.3. The Balaban J connectivity index is 2.09. The molecule has 0 heterocycles. The molecule has 5 heteroatoms. The zero-order chi connectivity index (χ0) is 13.2. The summed E-state index contributed by atoms with van der Waals surface area (Å²) in [7, 11) is 0. The summed E-state index contributed by atoms with van der Waals surface area (Å²) in [6.07, 6.45) is 0. The van der Waals surface area contributed by atoms with Crippen molar-refractivity contribution in [2.75, 3.05) is 18.9 Å². The smallest absolute Gasteiger partial charge is 0.396 e. The third kappa shape index (κ3) is 5.72. The third-order valence-electron chi connectivity index (χ3n) is 2.10. The summed E-state index contributed by atoms with van der Waals surface area (Å²) in [6, 6.07) is 10.1. The molecular weight excluding hydrogens is 250 g/mol. The van der Waals surface area contributed by atoms with Gasteiger partial charge in [-0.2, -0.15) is 11.8 Å². The molecule has 0 radical (unpaired) electrons. The average molecular weight is 267 g/mol. The van der Waals surface area contributed by atoms with Crippen LogP contribution in [0, 0.1) is 0 Å². The van der Waals surface area contributed by atoms with Crippen LogP contribution in [0.2, 0.25) is 0 Å². The van der Waals surface area contributed by atoms with Crippen molar-refractivity contribution < 1.29 is 14.3 Å². The number of hydrogen-bond acceptors (Lipinski definition) is 4. The lowest BCUT2D eigenvalue weighted by Gasteiger charge is -2.04. The Morgan fingerprint density at radius 3 is 2.67 bits per heavy atom. The van der Waals surface area contributed by atoms with Crippen LogP contribution in [0.15, 0.2) is 30.3 Å². The summed E-state index contributed by atoms with van der Waals surface area (Å²) in [5, 5.41) is 2.52. The fourth-order valence-corrected chi connectivity index (χ4v) is 2.09. The predicted molar refractivity (Wildman–Crippen MR) is 72.2 cm³/mol. The Morgan fingerprint density at radius 2 is 2.00 bits per heavy atom. The molecule has 18 heavy (non-hydrogen) atoms. The summed E-state index contributed by atoms with van der Waals surface area (Å²) in [5.41, 5.74) is 1.25. The SMILES string of the molecule is CCOC(=O)C(=O)NCCSCc1ccccc1. The van der Waals surface area contributed by atoms with Crippen LogP contribution in [0.3, 0.4) is 0 Å². The number of carbonyl (C=O) groups excluding carboxylic acids is 2. The van der Waals surface area contributed by atoms with E-state index in [0.717, 1.165) is 11.5 Å². The van der Waals surface area contributed by atoms with Crippen LogP contribution in [0.4, 0.5) is 0 Å². The summed E-state index contributed by atoms with van der Waals surface area (Å²) >= 11 is 1.71. The second kappa shape index (κ2) is 8.58. The first-order chi connectivity index (χ1) is 8.74. The van der Waals surface area contributed by atoms with Crippen molar-refractivity contribution in [1.82, 2.24) is 5.32 Å². The van der Waals surface area contributed by atoms with Crippen molar-refractivity contribution in [3.05, 3.63) is 35.9 Å². The van der Waals surface area contributed by atoms with Gasteiger partial charge in [0.15, 0.2) is 0 Å². The molecule has 0 aliphatic carbocycles. The second-order valence-corrected chi connectivity index (χ2v) is 4.62. The van der Waals surface area contributed by atoms with E-state index in [-0.39, 0.29) is 6.61 Å². The van der Waals surface area contributed by atoms with E-state index in [4.69, 9.17) is 0 Å². The standard InChI is InChI=1S/C13H17NO3S/c1-2-17-13(16)12(15)14-8-9-18-10-11-6-4-3-5-7-11/h3-7H,2,8-10H2,1H3,(H,14,15). The summed E-state index contributed by atoms with van der Waals surface area (Å²) < 4.78 is 4.57. The average Bonchev–Trinajstić information content (AvgIpc) is 2.39. The van der Waals surface area contributed by atoms with Gasteiger partial charge in [-0.15, -0.1) is 0 Å². The second-order valence-electron chi connectivity index (χ2n) is 3.51. The molecule has 98 valence electrons. The lowest BCUT2D eigenvalue weighted by atomic mass is 10.2. The number of nitrogens with one attached hydrogen (secondary N) is 1. The zero-order valence-corrected chi connectivity index (χ0v) is 11.2. The molecule has 0 unspecified atom stereocenters. The van der Waals surface area contributed by atoms with Crippen LogP contribution in [-0.4, -0.2) is 30.8 Å². The third-order valence-corrected chi connectivity index (χ3v) is 3.13. The number of amides is 1. The van der Waals surface area contributed by atoms with Crippen LogP contribution < -0.4 is 5.32 Å². The van der Waals surface area contributed by atoms with Gasteiger partial charge >= 0.3 is 11.9 Å². The van der Waals surface area contributed by atoms with Crippen molar-refractivity contribution >= 4 is 23.6 Å². The monoisotopic (exact) mass is 267 g/mol. The molecule has 1 aromatic carbocycles. The molecule has 0 bridgehead atoms. The van der Waals surface area contributed by atoms with Gasteiger partial charge in [0.2, 0.25) is 0 Å². The molecule has 1 amide bonds.